The first kappa shape index (κ1) is 13.9. The van der Waals surface area contributed by atoms with Gasteiger partial charge in [-0.25, -0.2) is 9.67 Å². The van der Waals surface area contributed by atoms with Gasteiger partial charge in [-0.1, -0.05) is 6.58 Å². The van der Waals surface area contributed by atoms with Gasteiger partial charge in [0.15, 0.2) is 12.1 Å². The average molecular weight is 270 g/mol. The molecule has 1 aromatic heterocycles. The second-order valence-electron chi connectivity index (χ2n) is 4.22. The summed E-state index contributed by atoms with van der Waals surface area (Å²) in [5.41, 5.74) is 0.574. The van der Waals surface area contributed by atoms with Gasteiger partial charge in [-0.05, 0) is 0 Å². The van der Waals surface area contributed by atoms with E-state index < -0.39 is 24.5 Å². The summed E-state index contributed by atoms with van der Waals surface area (Å²) in [5.74, 6) is 0.433. The highest BCUT2D eigenvalue weighted by Crippen LogP contribution is 2.30. The first-order valence-corrected chi connectivity index (χ1v) is 5.87. The predicted octanol–water partition coefficient (Wildman–Crippen LogP) is -1.27. The Morgan fingerprint density at radius 2 is 2.42 bits per heavy atom. The molecular formula is C11H18N4O4. The van der Waals surface area contributed by atoms with E-state index in [4.69, 9.17) is 14.6 Å². The first-order valence-electron chi connectivity index (χ1n) is 5.87. The second kappa shape index (κ2) is 5.66. The molecule has 3 N–H and O–H groups in total. The minimum Gasteiger partial charge on any atom is -0.394 e. The zero-order chi connectivity index (χ0) is 14.0. The zero-order valence-electron chi connectivity index (χ0n) is 10.9. The third-order valence-corrected chi connectivity index (χ3v) is 3.11. The average Bonchev–Trinajstić information content (AvgIpc) is 3.01. The van der Waals surface area contributed by atoms with E-state index in [1.807, 2.05) is 0 Å². The summed E-state index contributed by atoms with van der Waals surface area (Å²) in [6, 6.07) is 0. The fourth-order valence-corrected chi connectivity index (χ4v) is 1.98. The van der Waals surface area contributed by atoms with Crippen molar-refractivity contribution >= 4 is 5.70 Å². The van der Waals surface area contributed by atoms with Gasteiger partial charge in [0, 0.05) is 14.2 Å². The Morgan fingerprint density at radius 3 is 3.00 bits per heavy atom. The lowest BCUT2D eigenvalue weighted by atomic mass is 10.1. The lowest BCUT2D eigenvalue weighted by Crippen LogP contribution is -2.34. The molecule has 2 heterocycles. The molecule has 0 bridgehead atoms. The van der Waals surface area contributed by atoms with Crippen LogP contribution in [0.5, 0.6) is 0 Å². The number of aliphatic hydroxyl groups excluding tert-OH is 2. The topological polar surface area (TPSA) is 102 Å². The molecule has 0 aromatic carbocycles. The number of aliphatic hydroxyl groups is 2. The number of hydrogen-bond donors (Lipinski definition) is 3. The fourth-order valence-electron chi connectivity index (χ4n) is 1.98. The molecule has 0 radical (unpaired) electrons. The Morgan fingerprint density at radius 1 is 1.68 bits per heavy atom. The van der Waals surface area contributed by atoms with Crippen LogP contribution in [0.4, 0.5) is 0 Å². The lowest BCUT2D eigenvalue weighted by Gasteiger charge is -2.18. The maximum absolute atomic E-state index is 9.94. The van der Waals surface area contributed by atoms with Crippen molar-refractivity contribution in [3.05, 3.63) is 18.7 Å². The van der Waals surface area contributed by atoms with Crippen LogP contribution < -0.4 is 5.32 Å². The minimum absolute atomic E-state index is 0.289. The van der Waals surface area contributed by atoms with E-state index in [-0.39, 0.29) is 6.61 Å². The summed E-state index contributed by atoms with van der Waals surface area (Å²) in [5, 5.41) is 26.1. The molecule has 0 saturated carbocycles. The molecule has 1 aliphatic rings. The quantitative estimate of drug-likeness (QED) is 0.613. The van der Waals surface area contributed by atoms with Gasteiger partial charge in [-0.3, -0.25) is 0 Å². The van der Waals surface area contributed by atoms with Crippen molar-refractivity contribution in [3.8, 4) is 0 Å². The van der Waals surface area contributed by atoms with Gasteiger partial charge in [0.05, 0.1) is 12.3 Å². The lowest BCUT2D eigenvalue weighted by molar-refractivity contribution is -0.0665. The molecule has 1 saturated heterocycles. The van der Waals surface area contributed by atoms with Gasteiger partial charge in [0.1, 0.15) is 24.6 Å². The van der Waals surface area contributed by atoms with E-state index in [1.54, 1.807) is 7.05 Å². The zero-order valence-corrected chi connectivity index (χ0v) is 10.9. The van der Waals surface area contributed by atoms with Crippen LogP contribution in [0.15, 0.2) is 12.9 Å². The van der Waals surface area contributed by atoms with Crippen LogP contribution in [-0.2, 0) is 9.47 Å². The van der Waals surface area contributed by atoms with Gasteiger partial charge in [0.2, 0.25) is 0 Å². The number of rotatable bonds is 5. The van der Waals surface area contributed by atoms with E-state index in [2.05, 4.69) is 22.0 Å². The predicted molar refractivity (Wildman–Crippen MR) is 65.9 cm³/mol. The Bertz CT molecular complexity index is 450. The highest BCUT2D eigenvalue weighted by molar-refractivity contribution is 5.53. The van der Waals surface area contributed by atoms with E-state index in [9.17, 15) is 5.11 Å². The maximum atomic E-state index is 9.94. The molecule has 0 amide bonds. The van der Waals surface area contributed by atoms with Crippen molar-refractivity contribution in [1.82, 2.24) is 20.1 Å². The number of aromatic nitrogens is 3. The van der Waals surface area contributed by atoms with Crippen LogP contribution in [0.2, 0.25) is 0 Å². The highest BCUT2D eigenvalue weighted by atomic mass is 16.6. The van der Waals surface area contributed by atoms with E-state index in [0.29, 0.717) is 11.5 Å². The molecule has 0 spiro atoms. The third kappa shape index (κ3) is 2.47. The van der Waals surface area contributed by atoms with Crippen molar-refractivity contribution < 1.29 is 19.7 Å². The van der Waals surface area contributed by atoms with Crippen LogP contribution in [-0.4, -0.2) is 64.1 Å². The smallest absolute Gasteiger partial charge is 0.196 e. The summed E-state index contributed by atoms with van der Waals surface area (Å²) in [6.07, 6.45) is -1.39. The molecule has 106 valence electrons. The highest BCUT2D eigenvalue weighted by Gasteiger charge is 2.45. The van der Waals surface area contributed by atoms with Gasteiger partial charge in [0.25, 0.3) is 0 Å². The molecule has 1 fully saturated rings. The number of ether oxygens (including phenoxy) is 2. The SMILES string of the molecule is C=C(NC)c1ncn([C@H]2O[C@@H](CO)[C@H](O)[C@H]2OC)n1. The standard InChI is InChI=1S/C11H18N4O4/c1-6(12-2)10-13-5-15(14-10)11-9(18-3)8(17)7(4-16)19-11/h5,7-9,11-12,16-17H,1,4H2,2-3H3/t7-,8-,9+,11-/m0/s1. The summed E-state index contributed by atoms with van der Waals surface area (Å²) < 4.78 is 12.2. The van der Waals surface area contributed by atoms with Crippen LogP contribution in [0.3, 0.4) is 0 Å². The monoisotopic (exact) mass is 270 g/mol. The fraction of sp³-hybridized carbons (Fsp3) is 0.636. The summed E-state index contributed by atoms with van der Waals surface area (Å²) in [7, 11) is 3.19. The molecule has 1 aromatic rings. The Kier molecular flexibility index (Phi) is 4.15. The summed E-state index contributed by atoms with van der Waals surface area (Å²) >= 11 is 0. The van der Waals surface area contributed by atoms with Crippen molar-refractivity contribution in [2.75, 3.05) is 20.8 Å². The van der Waals surface area contributed by atoms with Crippen molar-refractivity contribution in [1.29, 1.82) is 0 Å². The van der Waals surface area contributed by atoms with Crippen molar-refractivity contribution in [2.45, 2.75) is 24.5 Å². The van der Waals surface area contributed by atoms with Crippen LogP contribution in [0, 0.1) is 0 Å². The normalized spacial score (nSPS) is 30.5. The van der Waals surface area contributed by atoms with Gasteiger partial charge >= 0.3 is 0 Å². The van der Waals surface area contributed by atoms with Gasteiger partial charge < -0.3 is 25.0 Å². The summed E-state index contributed by atoms with van der Waals surface area (Å²) in [4.78, 5) is 4.09. The third-order valence-electron chi connectivity index (χ3n) is 3.11. The Hall–Kier alpha value is -1.48. The van der Waals surface area contributed by atoms with E-state index in [1.165, 1.54) is 18.1 Å². The molecule has 1 aliphatic heterocycles. The first-order chi connectivity index (χ1) is 9.12. The van der Waals surface area contributed by atoms with Crippen molar-refractivity contribution in [3.63, 3.8) is 0 Å². The molecule has 4 atom stereocenters. The van der Waals surface area contributed by atoms with Crippen LogP contribution in [0.25, 0.3) is 5.70 Å². The second-order valence-corrected chi connectivity index (χ2v) is 4.22. The van der Waals surface area contributed by atoms with Crippen molar-refractivity contribution in [2.24, 2.45) is 0 Å². The Balaban J connectivity index is 2.21. The molecular weight excluding hydrogens is 252 g/mol. The summed E-state index contributed by atoms with van der Waals surface area (Å²) in [6.45, 7) is 3.47. The molecule has 2 rings (SSSR count). The molecule has 0 unspecified atom stereocenters. The number of nitrogens with one attached hydrogen (secondary N) is 1. The number of methoxy groups -OCH3 is 1. The molecule has 19 heavy (non-hydrogen) atoms. The molecule has 8 heteroatoms. The van der Waals surface area contributed by atoms with Crippen LogP contribution in [0.1, 0.15) is 12.1 Å². The minimum atomic E-state index is -0.917. The van der Waals surface area contributed by atoms with E-state index in [0.717, 1.165) is 0 Å². The van der Waals surface area contributed by atoms with Gasteiger partial charge in [-0.2, -0.15) is 0 Å². The number of hydrogen-bond acceptors (Lipinski definition) is 7. The Labute approximate surface area is 110 Å². The van der Waals surface area contributed by atoms with E-state index >= 15 is 0 Å². The molecule has 8 nitrogen and oxygen atoms in total. The largest absolute Gasteiger partial charge is 0.394 e. The van der Waals surface area contributed by atoms with Gasteiger partial charge in [-0.15, -0.1) is 5.10 Å². The molecule has 0 aliphatic carbocycles. The maximum Gasteiger partial charge on any atom is 0.196 e. The number of nitrogens with zero attached hydrogens (tertiary/aromatic N) is 3. The van der Waals surface area contributed by atoms with Crippen LogP contribution >= 0.6 is 0 Å².